The lowest BCUT2D eigenvalue weighted by Crippen LogP contribution is -2.22. The van der Waals surface area contributed by atoms with Crippen molar-refractivity contribution < 1.29 is 24.0 Å². The fourth-order valence-electron chi connectivity index (χ4n) is 0.461. The van der Waals surface area contributed by atoms with Gasteiger partial charge in [-0.25, -0.2) is 4.79 Å². The van der Waals surface area contributed by atoms with Crippen molar-refractivity contribution in [2.75, 3.05) is 6.61 Å². The van der Waals surface area contributed by atoms with Crippen LogP contribution in [0.1, 0.15) is 20.3 Å². The first-order chi connectivity index (χ1) is 5.22. The molecule has 0 amide bonds. The summed E-state index contributed by atoms with van der Waals surface area (Å²) in [5.74, 6) is -0.874. The van der Waals surface area contributed by atoms with Gasteiger partial charge in [0.1, 0.15) is 0 Å². The van der Waals surface area contributed by atoms with Crippen molar-refractivity contribution in [3.8, 4) is 0 Å². The number of carbonyl (C=O) groups excluding carboxylic acids is 1. The molecule has 0 aliphatic heterocycles. The molecule has 0 heterocycles. The summed E-state index contributed by atoms with van der Waals surface area (Å²) in [7, 11) is 0. The second-order valence-electron chi connectivity index (χ2n) is 1.98. The predicted molar refractivity (Wildman–Crippen MR) is 34.0 cm³/mol. The van der Waals surface area contributed by atoms with Crippen LogP contribution < -0.4 is 0 Å². The van der Waals surface area contributed by atoms with Crippen molar-refractivity contribution in [1.82, 2.24) is 0 Å². The Morgan fingerprint density at radius 3 is 2.73 bits per heavy atom. The molecule has 0 saturated carbocycles. The highest BCUT2D eigenvalue weighted by molar-refractivity contribution is 5.73. The van der Waals surface area contributed by atoms with E-state index < -0.39 is 12.1 Å². The molecule has 5 heteroatoms. The van der Waals surface area contributed by atoms with Gasteiger partial charge in [-0.05, 0) is 17.9 Å². The van der Waals surface area contributed by atoms with E-state index in [1.54, 1.807) is 0 Å². The molecule has 0 aliphatic rings. The Morgan fingerprint density at radius 1 is 1.64 bits per heavy atom. The van der Waals surface area contributed by atoms with Gasteiger partial charge in [0.25, 0.3) is 0 Å². The summed E-state index contributed by atoms with van der Waals surface area (Å²) in [5, 5.41) is 2.68. The average Bonchev–Trinajstić information content (AvgIpc) is 2.00. The highest BCUT2D eigenvalue weighted by Gasteiger charge is 2.15. The third-order valence-electron chi connectivity index (χ3n) is 1.02. The first kappa shape index (κ1) is 10.3. The molecule has 66 valence electrons. The van der Waals surface area contributed by atoms with Crippen molar-refractivity contribution >= 4 is 5.97 Å². The van der Waals surface area contributed by atoms with Gasteiger partial charge in [0.2, 0.25) is 0 Å². The number of hydrogen-bond donors (Lipinski definition) is 0. The summed E-state index contributed by atoms with van der Waals surface area (Å²) in [4.78, 5) is 14.1. The van der Waals surface area contributed by atoms with Gasteiger partial charge in [0, 0.05) is 11.7 Å². The van der Waals surface area contributed by atoms with Gasteiger partial charge < -0.3 is 4.74 Å². The third-order valence-corrected chi connectivity index (χ3v) is 1.02. The van der Waals surface area contributed by atoms with E-state index in [9.17, 15) is 9.32 Å². The first-order valence-corrected chi connectivity index (χ1v) is 3.33. The van der Waals surface area contributed by atoms with Crippen LogP contribution in [0.5, 0.6) is 0 Å². The van der Waals surface area contributed by atoms with Gasteiger partial charge in [0.15, 0.2) is 6.10 Å². The minimum Gasteiger partial charge on any atom is -0.367 e. The average molecular weight is 166 g/mol. The zero-order valence-electron chi connectivity index (χ0n) is 6.50. The van der Waals surface area contributed by atoms with E-state index in [1.807, 2.05) is 6.92 Å². The van der Waals surface area contributed by atoms with Crippen LogP contribution >= 0.6 is 0 Å². The SMILES string of the molecule is CCCOC(C)C(=O)OOF. The summed E-state index contributed by atoms with van der Waals surface area (Å²) in [6, 6.07) is 0. The number of halogens is 1. The quantitative estimate of drug-likeness (QED) is 0.454. The van der Waals surface area contributed by atoms with Crippen LogP contribution in [0.25, 0.3) is 0 Å². The monoisotopic (exact) mass is 166 g/mol. The maximum Gasteiger partial charge on any atom is 0.374 e. The third kappa shape index (κ3) is 4.69. The standard InChI is InChI=1S/C6H11FO4/c1-3-4-9-5(2)6(8)10-11-7/h5H,3-4H2,1-2H3. The molecule has 11 heavy (non-hydrogen) atoms. The van der Waals surface area contributed by atoms with E-state index in [0.717, 1.165) is 6.42 Å². The van der Waals surface area contributed by atoms with E-state index in [4.69, 9.17) is 4.74 Å². The number of ether oxygens (including phenoxy) is 1. The summed E-state index contributed by atoms with van der Waals surface area (Å²) >= 11 is 0. The first-order valence-electron chi connectivity index (χ1n) is 3.33. The molecule has 0 bridgehead atoms. The Bertz CT molecular complexity index is 117. The molecule has 0 N–H and O–H groups in total. The van der Waals surface area contributed by atoms with Crippen molar-refractivity contribution in [2.45, 2.75) is 26.4 Å². The number of carbonyl (C=O) groups is 1. The van der Waals surface area contributed by atoms with Crippen LogP contribution in [-0.4, -0.2) is 18.7 Å². The van der Waals surface area contributed by atoms with Crippen molar-refractivity contribution in [1.29, 1.82) is 0 Å². The van der Waals surface area contributed by atoms with Gasteiger partial charge in [-0.2, -0.15) is 0 Å². The minimum atomic E-state index is -0.874. The molecule has 0 fully saturated rings. The summed E-state index contributed by atoms with van der Waals surface area (Å²) in [6.45, 7) is 3.78. The van der Waals surface area contributed by atoms with Crippen LogP contribution in [0.15, 0.2) is 0 Å². The van der Waals surface area contributed by atoms with Crippen molar-refractivity contribution in [3.63, 3.8) is 0 Å². The Morgan fingerprint density at radius 2 is 2.27 bits per heavy atom. The zero-order chi connectivity index (χ0) is 8.69. The molecule has 1 atom stereocenters. The van der Waals surface area contributed by atoms with E-state index in [0.29, 0.717) is 6.61 Å². The molecule has 1 unspecified atom stereocenters. The number of hydrogen-bond acceptors (Lipinski definition) is 4. The molecule has 0 aromatic carbocycles. The maximum atomic E-state index is 10.9. The van der Waals surface area contributed by atoms with E-state index >= 15 is 0 Å². The summed E-state index contributed by atoms with van der Waals surface area (Å²) in [6.07, 6.45) is -0.000573. The highest BCUT2D eigenvalue weighted by Crippen LogP contribution is 1.96. The second kappa shape index (κ2) is 6.06. The molecule has 0 rings (SSSR count). The fourth-order valence-corrected chi connectivity index (χ4v) is 0.461. The second-order valence-corrected chi connectivity index (χ2v) is 1.98. The largest absolute Gasteiger partial charge is 0.374 e. The Kier molecular flexibility index (Phi) is 5.68. The van der Waals surface area contributed by atoms with E-state index in [1.165, 1.54) is 6.92 Å². The lowest BCUT2D eigenvalue weighted by molar-refractivity contribution is -0.401. The lowest BCUT2D eigenvalue weighted by atomic mass is 10.4. The number of rotatable bonds is 5. The smallest absolute Gasteiger partial charge is 0.367 e. The zero-order valence-corrected chi connectivity index (χ0v) is 6.50. The Hall–Kier alpha value is -0.680. The molecule has 0 aromatic rings. The van der Waals surface area contributed by atoms with E-state index in [2.05, 4.69) is 9.98 Å². The molecule has 0 spiro atoms. The Balaban J connectivity index is 3.46. The highest BCUT2D eigenvalue weighted by atomic mass is 19.3. The molecule has 0 radical (unpaired) electrons. The summed E-state index contributed by atoms with van der Waals surface area (Å²) in [5.41, 5.74) is 0. The van der Waals surface area contributed by atoms with Crippen LogP contribution in [0.2, 0.25) is 0 Å². The molecular weight excluding hydrogens is 155 g/mol. The van der Waals surface area contributed by atoms with Crippen molar-refractivity contribution in [3.05, 3.63) is 0 Å². The van der Waals surface area contributed by atoms with Gasteiger partial charge in [-0.1, -0.05) is 6.92 Å². The maximum absolute atomic E-state index is 10.9. The van der Waals surface area contributed by atoms with Gasteiger partial charge in [-0.3, -0.25) is 4.89 Å². The van der Waals surface area contributed by atoms with Crippen LogP contribution in [0, 0.1) is 0 Å². The van der Waals surface area contributed by atoms with Gasteiger partial charge >= 0.3 is 5.97 Å². The molecule has 0 aliphatic carbocycles. The van der Waals surface area contributed by atoms with Gasteiger partial charge in [-0.15, -0.1) is 0 Å². The van der Waals surface area contributed by atoms with Gasteiger partial charge in [0.05, 0.1) is 0 Å². The Labute approximate surface area is 64.1 Å². The predicted octanol–water partition coefficient (Wildman–Crippen LogP) is 1.16. The molecule has 0 saturated heterocycles. The summed E-state index contributed by atoms with van der Waals surface area (Å²) < 4.78 is 15.8. The molecule has 4 nitrogen and oxygen atoms in total. The normalized spacial score (nSPS) is 12.6. The fraction of sp³-hybridized carbons (Fsp3) is 0.833. The van der Waals surface area contributed by atoms with Crippen molar-refractivity contribution in [2.24, 2.45) is 0 Å². The van der Waals surface area contributed by atoms with Crippen LogP contribution in [0.4, 0.5) is 4.53 Å². The topological polar surface area (TPSA) is 44.8 Å². The lowest BCUT2D eigenvalue weighted by Gasteiger charge is -2.07. The van der Waals surface area contributed by atoms with Crippen LogP contribution in [0.3, 0.4) is 0 Å². The minimum absolute atomic E-state index is 0.433. The van der Waals surface area contributed by atoms with E-state index in [-0.39, 0.29) is 0 Å². The molecule has 0 aromatic heterocycles. The van der Waals surface area contributed by atoms with Crippen LogP contribution in [-0.2, 0) is 19.5 Å². The molecular formula is C6H11FO4.